The molecule has 0 aliphatic heterocycles. The predicted molar refractivity (Wildman–Crippen MR) is 77.8 cm³/mol. The van der Waals surface area contributed by atoms with Crippen LogP contribution in [0.25, 0.3) is 11.1 Å². The Balaban J connectivity index is 1.70. The molecule has 0 fully saturated rings. The Kier molecular flexibility index (Phi) is 3.09. The van der Waals surface area contributed by atoms with Crippen LogP contribution in [0, 0.1) is 6.92 Å². The number of urea groups is 1. The molecule has 2 aromatic carbocycles. The summed E-state index contributed by atoms with van der Waals surface area (Å²) in [7, 11) is 0. The highest BCUT2D eigenvalue weighted by Gasteiger charge is 2.08. The van der Waals surface area contributed by atoms with Crippen LogP contribution >= 0.6 is 0 Å². The van der Waals surface area contributed by atoms with Gasteiger partial charge in [-0.1, -0.05) is 29.8 Å². The van der Waals surface area contributed by atoms with Gasteiger partial charge in [0.1, 0.15) is 5.52 Å². The molecule has 0 unspecified atom stereocenters. The lowest BCUT2D eigenvalue weighted by molar-refractivity contribution is 0.261. The summed E-state index contributed by atoms with van der Waals surface area (Å²) in [5.74, 6) is 0. The van der Waals surface area contributed by atoms with E-state index in [4.69, 9.17) is 4.42 Å². The number of anilines is 2. The second-order valence-electron chi connectivity index (χ2n) is 4.43. The minimum Gasteiger partial charge on any atom is -0.423 e. The molecule has 0 radical (unpaired) electrons. The van der Waals surface area contributed by atoms with Gasteiger partial charge in [-0.3, -0.25) is 5.32 Å². The number of oxazole rings is 1. The summed E-state index contributed by atoms with van der Waals surface area (Å²) in [6, 6.07) is 14.6. The van der Waals surface area contributed by atoms with E-state index in [0.717, 1.165) is 5.56 Å². The Morgan fingerprint density at radius 1 is 1.05 bits per heavy atom. The molecule has 2 amide bonds. The van der Waals surface area contributed by atoms with Crippen LogP contribution in [-0.2, 0) is 0 Å². The first-order valence-electron chi connectivity index (χ1n) is 6.21. The minimum atomic E-state index is -0.389. The van der Waals surface area contributed by atoms with E-state index in [1.807, 2.05) is 49.4 Å². The van der Waals surface area contributed by atoms with Crippen LogP contribution in [0.4, 0.5) is 16.5 Å². The van der Waals surface area contributed by atoms with E-state index in [9.17, 15) is 4.79 Å². The maximum absolute atomic E-state index is 11.8. The van der Waals surface area contributed by atoms with Gasteiger partial charge in [-0.15, -0.1) is 0 Å². The number of hydrogen-bond acceptors (Lipinski definition) is 3. The third-order valence-electron chi connectivity index (χ3n) is 2.82. The number of carbonyl (C=O) groups excluding carboxylic acids is 1. The molecule has 20 heavy (non-hydrogen) atoms. The van der Waals surface area contributed by atoms with E-state index in [-0.39, 0.29) is 12.0 Å². The number of amides is 2. The molecular weight excluding hydrogens is 254 g/mol. The predicted octanol–water partition coefficient (Wildman–Crippen LogP) is 3.78. The molecule has 5 nitrogen and oxygen atoms in total. The lowest BCUT2D eigenvalue weighted by Gasteiger charge is -2.04. The quantitative estimate of drug-likeness (QED) is 0.742. The van der Waals surface area contributed by atoms with Crippen LogP contribution in [0.15, 0.2) is 52.9 Å². The van der Waals surface area contributed by atoms with Gasteiger partial charge in [0, 0.05) is 5.69 Å². The van der Waals surface area contributed by atoms with Gasteiger partial charge in [0.25, 0.3) is 0 Å². The lowest BCUT2D eigenvalue weighted by Crippen LogP contribution is -2.19. The van der Waals surface area contributed by atoms with Crippen molar-refractivity contribution in [2.75, 3.05) is 10.6 Å². The summed E-state index contributed by atoms with van der Waals surface area (Å²) in [6.45, 7) is 1.99. The molecule has 0 spiro atoms. The van der Waals surface area contributed by atoms with E-state index >= 15 is 0 Å². The van der Waals surface area contributed by atoms with E-state index in [2.05, 4.69) is 15.6 Å². The number of nitrogens with one attached hydrogen (secondary N) is 2. The number of hydrogen-bond donors (Lipinski definition) is 2. The fourth-order valence-corrected chi connectivity index (χ4v) is 1.82. The molecule has 0 bridgehead atoms. The molecule has 5 heteroatoms. The summed E-state index contributed by atoms with van der Waals surface area (Å²) < 4.78 is 5.41. The van der Waals surface area contributed by atoms with Gasteiger partial charge < -0.3 is 9.73 Å². The van der Waals surface area contributed by atoms with E-state index in [0.29, 0.717) is 16.8 Å². The normalized spacial score (nSPS) is 10.4. The van der Waals surface area contributed by atoms with Crippen molar-refractivity contribution < 1.29 is 9.21 Å². The van der Waals surface area contributed by atoms with Crippen LogP contribution < -0.4 is 10.6 Å². The maximum atomic E-state index is 11.8. The fourth-order valence-electron chi connectivity index (χ4n) is 1.82. The van der Waals surface area contributed by atoms with Crippen molar-refractivity contribution in [1.29, 1.82) is 0 Å². The molecule has 3 aromatic rings. The van der Waals surface area contributed by atoms with Gasteiger partial charge in [-0.05, 0) is 31.2 Å². The number of benzene rings is 2. The molecule has 0 atom stereocenters. The summed E-state index contributed by atoms with van der Waals surface area (Å²) in [6.07, 6.45) is 0. The minimum absolute atomic E-state index is 0.177. The van der Waals surface area contributed by atoms with Gasteiger partial charge >= 0.3 is 12.0 Å². The lowest BCUT2D eigenvalue weighted by atomic mass is 10.2. The second-order valence-corrected chi connectivity index (χ2v) is 4.43. The highest BCUT2D eigenvalue weighted by atomic mass is 16.4. The second kappa shape index (κ2) is 5.05. The molecule has 1 heterocycles. The zero-order valence-electron chi connectivity index (χ0n) is 10.9. The van der Waals surface area contributed by atoms with Crippen molar-refractivity contribution in [1.82, 2.24) is 4.98 Å². The molecule has 3 rings (SSSR count). The Bertz CT molecular complexity index is 714. The van der Waals surface area contributed by atoms with Gasteiger partial charge in [-0.25, -0.2) is 4.79 Å². The number of rotatable bonds is 2. The molecule has 100 valence electrons. The molecule has 1 aromatic heterocycles. The number of aromatic nitrogens is 1. The average molecular weight is 267 g/mol. The topological polar surface area (TPSA) is 67.2 Å². The summed E-state index contributed by atoms with van der Waals surface area (Å²) in [4.78, 5) is 16.0. The Hall–Kier alpha value is -2.82. The molecule has 0 aliphatic rings. The van der Waals surface area contributed by atoms with Crippen molar-refractivity contribution in [2.45, 2.75) is 6.92 Å². The highest BCUT2D eigenvalue weighted by Crippen LogP contribution is 2.18. The monoisotopic (exact) mass is 267 g/mol. The zero-order chi connectivity index (χ0) is 13.9. The van der Waals surface area contributed by atoms with Gasteiger partial charge in [0.2, 0.25) is 0 Å². The van der Waals surface area contributed by atoms with Crippen LogP contribution in [0.2, 0.25) is 0 Å². The standard InChI is InChI=1S/C15H13N3O2/c1-10-6-8-11(9-7-10)16-14(19)18-15-17-12-4-2-3-5-13(12)20-15/h2-9H,1H3,(H2,16,17,18,19). The zero-order valence-corrected chi connectivity index (χ0v) is 10.9. The SMILES string of the molecule is Cc1ccc(NC(=O)Nc2nc3ccccc3o2)cc1. The molecule has 0 saturated carbocycles. The number of para-hydroxylation sites is 2. The van der Waals surface area contributed by atoms with Crippen LogP contribution in [-0.4, -0.2) is 11.0 Å². The van der Waals surface area contributed by atoms with E-state index in [1.54, 1.807) is 6.07 Å². The highest BCUT2D eigenvalue weighted by molar-refractivity contribution is 5.98. The number of nitrogens with zero attached hydrogens (tertiary/aromatic N) is 1. The summed E-state index contributed by atoms with van der Waals surface area (Å²) in [5, 5.41) is 5.28. The van der Waals surface area contributed by atoms with Crippen molar-refractivity contribution >= 4 is 28.8 Å². The largest absolute Gasteiger partial charge is 0.423 e. The molecule has 2 N–H and O–H groups in total. The third-order valence-corrected chi connectivity index (χ3v) is 2.82. The van der Waals surface area contributed by atoms with Gasteiger partial charge in [0.15, 0.2) is 5.58 Å². The van der Waals surface area contributed by atoms with Crippen LogP contribution in [0.5, 0.6) is 0 Å². The first-order chi connectivity index (χ1) is 9.70. The van der Waals surface area contributed by atoms with Crippen molar-refractivity contribution in [3.05, 3.63) is 54.1 Å². The smallest absolute Gasteiger partial charge is 0.327 e. The summed E-state index contributed by atoms with van der Waals surface area (Å²) in [5.41, 5.74) is 3.19. The van der Waals surface area contributed by atoms with Crippen molar-refractivity contribution in [2.24, 2.45) is 0 Å². The Morgan fingerprint density at radius 2 is 1.80 bits per heavy atom. The van der Waals surface area contributed by atoms with Gasteiger partial charge in [0.05, 0.1) is 0 Å². The number of fused-ring (bicyclic) bond motifs is 1. The molecule has 0 aliphatic carbocycles. The number of aryl methyl sites for hydroxylation is 1. The third kappa shape index (κ3) is 2.61. The maximum Gasteiger partial charge on any atom is 0.327 e. The molecule has 0 saturated heterocycles. The first-order valence-corrected chi connectivity index (χ1v) is 6.21. The van der Waals surface area contributed by atoms with Crippen molar-refractivity contribution in [3.63, 3.8) is 0 Å². The summed E-state index contributed by atoms with van der Waals surface area (Å²) >= 11 is 0. The van der Waals surface area contributed by atoms with Crippen molar-refractivity contribution in [3.8, 4) is 0 Å². The fraction of sp³-hybridized carbons (Fsp3) is 0.0667. The first kappa shape index (κ1) is 12.2. The van der Waals surface area contributed by atoms with Crippen LogP contribution in [0.3, 0.4) is 0 Å². The van der Waals surface area contributed by atoms with Gasteiger partial charge in [-0.2, -0.15) is 4.98 Å². The average Bonchev–Trinajstić information content (AvgIpc) is 2.83. The molecular formula is C15H13N3O2. The van der Waals surface area contributed by atoms with Crippen LogP contribution in [0.1, 0.15) is 5.56 Å². The Morgan fingerprint density at radius 3 is 2.55 bits per heavy atom. The van der Waals surface area contributed by atoms with E-state index < -0.39 is 0 Å². The Labute approximate surface area is 115 Å². The number of carbonyl (C=O) groups is 1. The van der Waals surface area contributed by atoms with E-state index in [1.165, 1.54) is 0 Å².